The van der Waals surface area contributed by atoms with Crippen LogP contribution in [0.4, 0.5) is 5.69 Å². The van der Waals surface area contributed by atoms with Crippen LogP contribution in [0.3, 0.4) is 0 Å². The maximum atomic E-state index is 12.6. The molecule has 3 rings (SSSR count). The fourth-order valence-corrected chi connectivity index (χ4v) is 4.95. The van der Waals surface area contributed by atoms with Gasteiger partial charge < -0.3 is 10.1 Å². The molecule has 2 aliphatic rings. The van der Waals surface area contributed by atoms with Crippen molar-refractivity contribution in [3.8, 4) is 0 Å². The van der Waals surface area contributed by atoms with Crippen LogP contribution in [0, 0.1) is 25.7 Å². The van der Waals surface area contributed by atoms with Gasteiger partial charge in [-0.3, -0.25) is 24.1 Å². The monoisotopic (exact) mass is 528 g/mol. The van der Waals surface area contributed by atoms with Crippen molar-refractivity contribution in [1.29, 1.82) is 0 Å². The van der Waals surface area contributed by atoms with Crippen LogP contribution < -0.4 is 5.32 Å². The number of amides is 3. The standard InChI is InChI=1S/C20H22Br2N2O5/c1-10-4-3-5-16(11(10)2)23-17(25)9-29-18(26)8-24-19(27)12-6-14(21)15(22)7-13(12)20(24)28/h3-5,12-15H,6-9H2,1-2H3,(H,23,25)/t12-,13-,14+,15+/m1/s1. The van der Waals surface area contributed by atoms with Crippen LogP contribution in [0.2, 0.25) is 0 Å². The number of nitrogens with one attached hydrogen (secondary N) is 1. The number of benzene rings is 1. The Labute approximate surface area is 185 Å². The molecule has 9 heteroatoms. The van der Waals surface area contributed by atoms with Crippen molar-refractivity contribution in [2.24, 2.45) is 11.8 Å². The molecule has 1 saturated carbocycles. The Balaban J connectivity index is 1.53. The quantitative estimate of drug-likeness (QED) is 0.359. The van der Waals surface area contributed by atoms with Gasteiger partial charge in [-0.25, -0.2) is 0 Å². The summed E-state index contributed by atoms with van der Waals surface area (Å²) in [6, 6.07) is 5.52. The summed E-state index contributed by atoms with van der Waals surface area (Å²) >= 11 is 7.04. The van der Waals surface area contributed by atoms with Crippen molar-refractivity contribution in [1.82, 2.24) is 4.90 Å². The van der Waals surface area contributed by atoms with E-state index in [1.54, 1.807) is 6.07 Å². The Morgan fingerprint density at radius 2 is 1.69 bits per heavy atom. The van der Waals surface area contributed by atoms with Crippen molar-refractivity contribution < 1.29 is 23.9 Å². The van der Waals surface area contributed by atoms with Gasteiger partial charge in [-0.2, -0.15) is 0 Å². The molecule has 0 unspecified atom stereocenters. The zero-order valence-electron chi connectivity index (χ0n) is 16.1. The highest BCUT2D eigenvalue weighted by Gasteiger charge is 2.52. The van der Waals surface area contributed by atoms with E-state index in [0.29, 0.717) is 18.5 Å². The summed E-state index contributed by atoms with van der Waals surface area (Å²) in [4.78, 5) is 50.5. The van der Waals surface area contributed by atoms with Crippen molar-refractivity contribution in [2.75, 3.05) is 18.5 Å². The molecule has 0 spiro atoms. The fourth-order valence-electron chi connectivity index (χ4n) is 3.71. The van der Waals surface area contributed by atoms with E-state index in [-0.39, 0.29) is 21.5 Å². The SMILES string of the molecule is Cc1cccc(NC(=O)COC(=O)CN2C(=O)[C@@H]3C[C@H](Br)[C@@H](Br)C[C@H]3C2=O)c1C. The Bertz CT molecular complexity index is 831. The predicted molar refractivity (Wildman–Crippen MR) is 114 cm³/mol. The molecule has 1 heterocycles. The molecule has 1 N–H and O–H groups in total. The molecule has 156 valence electrons. The topological polar surface area (TPSA) is 92.8 Å². The third-order valence-corrected chi connectivity index (χ3v) is 8.27. The van der Waals surface area contributed by atoms with E-state index in [2.05, 4.69) is 37.2 Å². The number of ether oxygens (including phenoxy) is 1. The van der Waals surface area contributed by atoms with Gasteiger partial charge in [-0.15, -0.1) is 0 Å². The smallest absolute Gasteiger partial charge is 0.326 e. The van der Waals surface area contributed by atoms with Gasteiger partial charge in [-0.05, 0) is 43.9 Å². The molecule has 1 aliphatic carbocycles. The molecule has 0 radical (unpaired) electrons. The zero-order chi connectivity index (χ0) is 21.3. The minimum absolute atomic E-state index is 0.0983. The third-order valence-electron chi connectivity index (χ3n) is 5.53. The van der Waals surface area contributed by atoms with Crippen LogP contribution in [0.15, 0.2) is 18.2 Å². The summed E-state index contributed by atoms with van der Waals surface area (Å²) in [5.74, 6) is -2.79. The second-order valence-electron chi connectivity index (χ2n) is 7.44. The predicted octanol–water partition coefficient (Wildman–Crippen LogP) is 2.71. The van der Waals surface area contributed by atoms with E-state index in [4.69, 9.17) is 4.74 Å². The number of esters is 1. The highest BCUT2D eigenvalue weighted by molar-refractivity contribution is 9.12. The summed E-state index contributed by atoms with van der Waals surface area (Å²) in [6.45, 7) is 2.86. The summed E-state index contributed by atoms with van der Waals surface area (Å²) in [5, 5.41) is 2.69. The molecule has 2 fully saturated rings. The second kappa shape index (κ2) is 8.95. The number of alkyl halides is 2. The average Bonchev–Trinajstić information content (AvgIpc) is 2.89. The number of fused-ring (bicyclic) bond motifs is 1. The van der Waals surface area contributed by atoms with Gasteiger partial charge in [-0.1, -0.05) is 44.0 Å². The molecule has 29 heavy (non-hydrogen) atoms. The zero-order valence-corrected chi connectivity index (χ0v) is 19.3. The number of carbonyl (C=O) groups excluding carboxylic acids is 4. The lowest BCUT2D eigenvalue weighted by atomic mass is 9.81. The molecule has 4 atom stereocenters. The van der Waals surface area contributed by atoms with E-state index < -0.39 is 36.9 Å². The lowest BCUT2D eigenvalue weighted by molar-refractivity contribution is -0.154. The number of rotatable bonds is 5. The van der Waals surface area contributed by atoms with Gasteiger partial charge in [0.25, 0.3) is 5.91 Å². The fraction of sp³-hybridized carbons (Fsp3) is 0.500. The van der Waals surface area contributed by atoms with E-state index in [9.17, 15) is 19.2 Å². The van der Waals surface area contributed by atoms with E-state index in [1.165, 1.54) is 0 Å². The summed E-state index contributed by atoms with van der Waals surface area (Å²) in [6.07, 6.45) is 1.07. The maximum Gasteiger partial charge on any atom is 0.326 e. The van der Waals surface area contributed by atoms with Crippen molar-refractivity contribution in [2.45, 2.75) is 36.3 Å². The summed E-state index contributed by atoms with van der Waals surface area (Å²) < 4.78 is 4.98. The Kier molecular flexibility index (Phi) is 6.78. The Morgan fingerprint density at radius 3 is 2.28 bits per heavy atom. The lowest BCUT2D eigenvalue weighted by Crippen LogP contribution is -2.37. The number of carbonyl (C=O) groups is 4. The van der Waals surface area contributed by atoms with E-state index in [1.807, 2.05) is 26.0 Å². The Hall–Kier alpha value is -1.74. The summed E-state index contributed by atoms with van der Waals surface area (Å²) in [5.41, 5.74) is 2.61. The molecule has 7 nitrogen and oxygen atoms in total. The lowest BCUT2D eigenvalue weighted by Gasteiger charge is -2.29. The van der Waals surface area contributed by atoms with Crippen molar-refractivity contribution in [3.63, 3.8) is 0 Å². The third kappa shape index (κ3) is 4.71. The van der Waals surface area contributed by atoms with Crippen LogP contribution in [0.1, 0.15) is 24.0 Å². The number of nitrogens with zero attached hydrogens (tertiary/aromatic N) is 1. The molecule has 0 aromatic heterocycles. The summed E-state index contributed by atoms with van der Waals surface area (Å²) in [7, 11) is 0. The first-order valence-electron chi connectivity index (χ1n) is 9.34. The van der Waals surface area contributed by atoms with Crippen LogP contribution in [-0.4, -0.2) is 51.4 Å². The highest BCUT2D eigenvalue weighted by atomic mass is 79.9. The first-order valence-corrected chi connectivity index (χ1v) is 11.2. The van der Waals surface area contributed by atoms with E-state index >= 15 is 0 Å². The maximum absolute atomic E-state index is 12.6. The minimum atomic E-state index is -0.785. The normalized spacial score (nSPS) is 26.3. The molecule has 3 amide bonds. The first-order chi connectivity index (χ1) is 13.7. The average molecular weight is 530 g/mol. The van der Waals surface area contributed by atoms with Crippen LogP contribution in [0.5, 0.6) is 0 Å². The number of hydrogen-bond acceptors (Lipinski definition) is 5. The molecular formula is C20H22Br2N2O5. The molecule has 0 bridgehead atoms. The molecule has 1 aliphatic heterocycles. The number of hydrogen-bond donors (Lipinski definition) is 1. The van der Waals surface area contributed by atoms with Gasteiger partial charge in [0.1, 0.15) is 6.54 Å². The van der Waals surface area contributed by atoms with Crippen LogP contribution in [-0.2, 0) is 23.9 Å². The van der Waals surface area contributed by atoms with Gasteiger partial charge in [0.15, 0.2) is 6.61 Å². The van der Waals surface area contributed by atoms with Crippen molar-refractivity contribution in [3.05, 3.63) is 29.3 Å². The van der Waals surface area contributed by atoms with Crippen molar-refractivity contribution >= 4 is 61.2 Å². The number of imide groups is 1. The second-order valence-corrected chi connectivity index (χ2v) is 9.79. The van der Waals surface area contributed by atoms with E-state index in [0.717, 1.165) is 16.0 Å². The number of aryl methyl sites for hydroxylation is 1. The first kappa shape index (κ1) is 22.0. The van der Waals surface area contributed by atoms with Gasteiger partial charge in [0, 0.05) is 15.3 Å². The molecule has 1 aromatic rings. The molecule has 1 saturated heterocycles. The van der Waals surface area contributed by atoms with Crippen LogP contribution in [0.25, 0.3) is 0 Å². The number of likely N-dealkylation sites (tertiary alicyclic amines) is 1. The Morgan fingerprint density at radius 1 is 1.10 bits per heavy atom. The van der Waals surface area contributed by atoms with Gasteiger partial charge in [0.05, 0.1) is 11.8 Å². The molecule has 1 aromatic carbocycles. The number of halogens is 2. The van der Waals surface area contributed by atoms with Gasteiger partial charge in [0.2, 0.25) is 11.8 Å². The van der Waals surface area contributed by atoms with Crippen LogP contribution >= 0.6 is 31.9 Å². The number of anilines is 1. The van der Waals surface area contributed by atoms with Gasteiger partial charge >= 0.3 is 5.97 Å². The molecular weight excluding hydrogens is 508 g/mol. The minimum Gasteiger partial charge on any atom is -0.454 e. The largest absolute Gasteiger partial charge is 0.454 e. The highest BCUT2D eigenvalue weighted by Crippen LogP contribution is 2.43.